The van der Waals surface area contributed by atoms with Gasteiger partial charge in [0.2, 0.25) is 0 Å². The van der Waals surface area contributed by atoms with E-state index in [2.05, 4.69) is 25.8 Å². The molecule has 0 atom stereocenters. The summed E-state index contributed by atoms with van der Waals surface area (Å²) in [4.78, 5) is 31.6. The van der Waals surface area contributed by atoms with Crippen molar-refractivity contribution in [3.8, 4) is 0 Å². The minimum Gasteiger partial charge on any atom is -0.478 e. The summed E-state index contributed by atoms with van der Waals surface area (Å²) in [5, 5.41) is 16.6. The predicted octanol–water partition coefficient (Wildman–Crippen LogP) is 2.74. The van der Waals surface area contributed by atoms with Gasteiger partial charge in [-0.2, -0.15) is 0 Å². The molecule has 0 amide bonds. The van der Waals surface area contributed by atoms with Crippen molar-refractivity contribution in [2.75, 3.05) is 31.1 Å². The van der Waals surface area contributed by atoms with Crippen LogP contribution >= 0.6 is 0 Å². The van der Waals surface area contributed by atoms with Gasteiger partial charge in [0.1, 0.15) is 11.6 Å². The van der Waals surface area contributed by atoms with Crippen LogP contribution in [0.25, 0.3) is 10.9 Å². The quantitative estimate of drug-likeness (QED) is 0.538. The van der Waals surface area contributed by atoms with E-state index in [1.54, 1.807) is 12.1 Å². The van der Waals surface area contributed by atoms with Crippen LogP contribution in [0, 0.1) is 5.82 Å². The van der Waals surface area contributed by atoms with Crippen molar-refractivity contribution in [3.05, 3.63) is 72.3 Å². The lowest BCUT2D eigenvalue weighted by Crippen LogP contribution is -2.46. The van der Waals surface area contributed by atoms with Gasteiger partial charge in [-0.25, -0.2) is 19.0 Å². The van der Waals surface area contributed by atoms with Crippen molar-refractivity contribution < 1.29 is 24.2 Å². The number of pyridine rings is 1. The SMILES string of the molecule is Fc1ccc2[nH]c(CN3CCN(c4ccccn4)CC3)cc2c1.O=C(O)/C=C\C(=O)O. The van der Waals surface area contributed by atoms with E-state index in [9.17, 15) is 14.0 Å². The molecule has 0 radical (unpaired) electrons. The first kappa shape index (κ1) is 22.0. The van der Waals surface area contributed by atoms with E-state index < -0.39 is 11.9 Å². The Hall–Kier alpha value is -3.72. The number of benzene rings is 1. The average Bonchev–Trinajstić information content (AvgIpc) is 3.15. The van der Waals surface area contributed by atoms with Gasteiger partial charge in [0.05, 0.1) is 0 Å². The number of carboxylic acid groups (broad SMARTS) is 2. The summed E-state index contributed by atoms with van der Waals surface area (Å²) in [6.07, 6.45) is 2.95. The number of aromatic amines is 1. The highest BCUT2D eigenvalue weighted by atomic mass is 19.1. The fourth-order valence-electron chi connectivity index (χ4n) is 3.31. The highest BCUT2D eigenvalue weighted by Crippen LogP contribution is 2.19. The van der Waals surface area contributed by atoms with E-state index in [1.807, 2.05) is 24.4 Å². The van der Waals surface area contributed by atoms with E-state index in [4.69, 9.17) is 10.2 Å². The third kappa shape index (κ3) is 6.65. The summed E-state index contributed by atoms with van der Waals surface area (Å²) in [6.45, 7) is 4.82. The van der Waals surface area contributed by atoms with E-state index in [-0.39, 0.29) is 5.82 Å². The Kier molecular flexibility index (Phi) is 7.34. The summed E-state index contributed by atoms with van der Waals surface area (Å²) in [7, 11) is 0. The summed E-state index contributed by atoms with van der Waals surface area (Å²) < 4.78 is 13.3. The third-order valence-corrected chi connectivity index (χ3v) is 4.75. The van der Waals surface area contributed by atoms with Gasteiger partial charge in [0.25, 0.3) is 0 Å². The van der Waals surface area contributed by atoms with Gasteiger partial charge in [-0.15, -0.1) is 0 Å². The highest BCUT2D eigenvalue weighted by Gasteiger charge is 2.18. The molecule has 8 nitrogen and oxygen atoms in total. The molecule has 0 unspecified atom stereocenters. The standard InChI is InChI=1S/C18H19FN4.C4H4O4/c19-15-4-5-17-14(11-15)12-16(21-17)13-22-7-9-23(10-8-22)18-3-1-2-6-20-18;5-3(6)1-2-4(7)8/h1-6,11-12,21H,7-10,13H2;1-2H,(H,5,6)(H,7,8)/b;2-1-. The molecule has 1 fully saturated rings. The number of nitrogens with zero attached hydrogens (tertiary/aromatic N) is 3. The number of aliphatic carboxylic acids is 2. The number of carboxylic acids is 2. The molecule has 0 aliphatic carbocycles. The lowest BCUT2D eigenvalue weighted by molar-refractivity contribution is -0.134. The first-order valence-corrected chi connectivity index (χ1v) is 9.70. The molecule has 0 bridgehead atoms. The molecule has 1 aromatic carbocycles. The number of piperazine rings is 1. The van der Waals surface area contributed by atoms with Crippen molar-refractivity contribution >= 4 is 28.7 Å². The van der Waals surface area contributed by atoms with Crippen molar-refractivity contribution in [1.82, 2.24) is 14.9 Å². The second kappa shape index (κ2) is 10.4. The average molecular weight is 426 g/mol. The number of nitrogens with one attached hydrogen (secondary N) is 1. The molecule has 3 aromatic rings. The van der Waals surface area contributed by atoms with Crippen molar-refractivity contribution in [2.45, 2.75) is 6.54 Å². The van der Waals surface area contributed by atoms with Crippen LogP contribution in [0.2, 0.25) is 0 Å². The first-order chi connectivity index (χ1) is 14.9. The molecule has 0 spiro atoms. The molecule has 1 aliphatic rings. The molecule has 162 valence electrons. The minimum absolute atomic E-state index is 0.188. The summed E-state index contributed by atoms with van der Waals surface area (Å²) in [5.74, 6) is -1.65. The molecule has 4 rings (SSSR count). The number of hydrogen-bond acceptors (Lipinski definition) is 5. The number of fused-ring (bicyclic) bond motifs is 1. The Balaban J connectivity index is 0.000000293. The smallest absolute Gasteiger partial charge is 0.328 e. The molecule has 0 saturated carbocycles. The topological polar surface area (TPSA) is 110 Å². The Morgan fingerprint density at radius 2 is 1.74 bits per heavy atom. The Bertz CT molecular complexity index is 1040. The van der Waals surface area contributed by atoms with Crippen LogP contribution in [0.5, 0.6) is 0 Å². The fourth-order valence-corrected chi connectivity index (χ4v) is 3.31. The number of anilines is 1. The van der Waals surface area contributed by atoms with E-state index in [1.165, 1.54) is 6.07 Å². The number of hydrogen-bond donors (Lipinski definition) is 3. The van der Waals surface area contributed by atoms with Crippen molar-refractivity contribution in [3.63, 3.8) is 0 Å². The van der Waals surface area contributed by atoms with Crippen LogP contribution in [-0.2, 0) is 16.1 Å². The van der Waals surface area contributed by atoms with Gasteiger partial charge in [-0.1, -0.05) is 6.07 Å². The number of aromatic nitrogens is 2. The molecular formula is C22H23FN4O4. The fraction of sp³-hybridized carbons (Fsp3) is 0.227. The van der Waals surface area contributed by atoms with E-state index >= 15 is 0 Å². The second-order valence-electron chi connectivity index (χ2n) is 6.99. The van der Waals surface area contributed by atoms with Gasteiger partial charge in [0, 0.05) is 67.7 Å². The van der Waals surface area contributed by atoms with E-state index in [0.29, 0.717) is 12.2 Å². The number of carbonyl (C=O) groups is 2. The number of halogens is 1. The van der Waals surface area contributed by atoms with Gasteiger partial charge in [-0.05, 0) is 36.4 Å². The summed E-state index contributed by atoms with van der Waals surface area (Å²) >= 11 is 0. The Morgan fingerprint density at radius 1 is 1.03 bits per heavy atom. The third-order valence-electron chi connectivity index (χ3n) is 4.75. The molecule has 3 heterocycles. The van der Waals surface area contributed by atoms with Crippen LogP contribution in [0.4, 0.5) is 10.2 Å². The molecule has 1 saturated heterocycles. The zero-order valence-electron chi connectivity index (χ0n) is 16.7. The zero-order valence-corrected chi connectivity index (χ0v) is 16.7. The van der Waals surface area contributed by atoms with E-state index in [0.717, 1.165) is 55.1 Å². The number of rotatable bonds is 5. The maximum atomic E-state index is 13.3. The molecule has 3 N–H and O–H groups in total. The monoisotopic (exact) mass is 426 g/mol. The predicted molar refractivity (Wildman–Crippen MR) is 114 cm³/mol. The second-order valence-corrected chi connectivity index (χ2v) is 6.99. The van der Waals surface area contributed by atoms with Crippen molar-refractivity contribution in [2.24, 2.45) is 0 Å². The molecule has 9 heteroatoms. The van der Waals surface area contributed by atoms with Crippen molar-refractivity contribution in [1.29, 1.82) is 0 Å². The van der Waals surface area contributed by atoms with Gasteiger partial charge < -0.3 is 20.1 Å². The lowest BCUT2D eigenvalue weighted by atomic mass is 10.2. The molecule has 2 aromatic heterocycles. The normalized spacial score (nSPS) is 14.4. The molecule has 1 aliphatic heterocycles. The van der Waals surface area contributed by atoms with Crippen LogP contribution in [0.15, 0.2) is 60.8 Å². The molecule has 31 heavy (non-hydrogen) atoms. The van der Waals surface area contributed by atoms with Crippen LogP contribution < -0.4 is 4.90 Å². The summed E-state index contributed by atoms with van der Waals surface area (Å²) in [6, 6.07) is 12.9. The molecular weight excluding hydrogens is 403 g/mol. The summed E-state index contributed by atoms with van der Waals surface area (Å²) in [5.41, 5.74) is 2.13. The van der Waals surface area contributed by atoms with Gasteiger partial charge in [0.15, 0.2) is 0 Å². The van der Waals surface area contributed by atoms with Gasteiger partial charge >= 0.3 is 11.9 Å². The Labute approximate surface area is 178 Å². The maximum Gasteiger partial charge on any atom is 0.328 e. The number of H-pyrrole nitrogens is 1. The largest absolute Gasteiger partial charge is 0.478 e. The lowest BCUT2D eigenvalue weighted by Gasteiger charge is -2.35. The minimum atomic E-state index is -1.26. The maximum absolute atomic E-state index is 13.3. The van der Waals surface area contributed by atoms with Crippen LogP contribution in [0.3, 0.4) is 0 Å². The first-order valence-electron chi connectivity index (χ1n) is 9.70. The highest BCUT2D eigenvalue weighted by molar-refractivity contribution is 5.89. The zero-order chi connectivity index (χ0) is 22.2. The van der Waals surface area contributed by atoms with Crippen LogP contribution in [0.1, 0.15) is 5.69 Å². The van der Waals surface area contributed by atoms with Crippen LogP contribution in [-0.4, -0.2) is 63.2 Å². The Morgan fingerprint density at radius 3 is 2.35 bits per heavy atom. The van der Waals surface area contributed by atoms with Gasteiger partial charge in [-0.3, -0.25) is 4.90 Å².